The van der Waals surface area contributed by atoms with E-state index in [2.05, 4.69) is 5.32 Å². The minimum atomic E-state index is -0.604. The van der Waals surface area contributed by atoms with Crippen LogP contribution in [0.4, 0.5) is 11.4 Å². The van der Waals surface area contributed by atoms with E-state index >= 15 is 0 Å². The monoisotopic (exact) mass is 291 g/mol. The first-order chi connectivity index (χ1) is 9.93. The highest BCUT2D eigenvalue weighted by molar-refractivity contribution is 6.07. The van der Waals surface area contributed by atoms with Gasteiger partial charge in [-0.2, -0.15) is 0 Å². The van der Waals surface area contributed by atoms with Crippen LogP contribution in [-0.2, 0) is 9.59 Å². The number of nitro groups is 1. The van der Waals surface area contributed by atoms with E-state index < -0.39 is 11.0 Å². The third-order valence-electron chi connectivity index (χ3n) is 3.63. The number of nitro benzene ring substituents is 1. The summed E-state index contributed by atoms with van der Waals surface area (Å²) in [6.45, 7) is 3.76. The highest BCUT2D eigenvalue weighted by Gasteiger charge is 2.40. The third-order valence-corrected chi connectivity index (χ3v) is 3.63. The van der Waals surface area contributed by atoms with Crippen LogP contribution in [0.3, 0.4) is 0 Å². The zero-order valence-corrected chi connectivity index (χ0v) is 11.9. The highest BCUT2D eigenvalue weighted by Crippen LogP contribution is 2.22. The molecule has 2 unspecified atom stereocenters. The Kier molecular flexibility index (Phi) is 4.21. The van der Waals surface area contributed by atoms with Crippen molar-refractivity contribution >= 4 is 23.2 Å². The average molecular weight is 291 g/mol. The number of nitrogens with one attached hydrogen (secondary N) is 1. The van der Waals surface area contributed by atoms with Crippen molar-refractivity contribution in [1.29, 1.82) is 0 Å². The largest absolute Gasteiger partial charge is 0.373 e. The number of anilines is 1. The first kappa shape index (κ1) is 15.0. The van der Waals surface area contributed by atoms with Crippen molar-refractivity contribution in [2.24, 2.45) is 0 Å². The molecule has 0 aromatic heterocycles. The van der Waals surface area contributed by atoms with E-state index in [4.69, 9.17) is 0 Å². The molecule has 21 heavy (non-hydrogen) atoms. The van der Waals surface area contributed by atoms with Crippen LogP contribution >= 0.6 is 0 Å². The molecule has 1 fully saturated rings. The molecule has 1 aromatic rings. The molecule has 1 saturated heterocycles. The Balaban J connectivity index is 2.08. The number of carbonyl (C=O) groups excluding carboxylic acids is 2. The predicted octanol–water partition coefficient (Wildman–Crippen LogP) is 1.93. The van der Waals surface area contributed by atoms with Gasteiger partial charge in [-0.25, -0.2) is 0 Å². The maximum Gasteiger partial charge on any atom is 0.269 e. The van der Waals surface area contributed by atoms with Crippen LogP contribution in [0.25, 0.3) is 0 Å². The molecule has 0 spiro atoms. The molecule has 0 aliphatic carbocycles. The number of carbonyl (C=O) groups is 2. The van der Waals surface area contributed by atoms with Gasteiger partial charge in [0.05, 0.1) is 11.3 Å². The first-order valence-corrected chi connectivity index (χ1v) is 6.81. The Labute approximate surface area is 122 Å². The molecule has 2 amide bonds. The third kappa shape index (κ3) is 3.01. The minimum absolute atomic E-state index is 0.0180. The van der Waals surface area contributed by atoms with Crippen molar-refractivity contribution in [3.63, 3.8) is 0 Å². The summed E-state index contributed by atoms with van der Waals surface area (Å²) in [6.07, 6.45) is 0.821. The van der Waals surface area contributed by atoms with Gasteiger partial charge in [-0.1, -0.05) is 6.92 Å². The van der Waals surface area contributed by atoms with Gasteiger partial charge in [-0.15, -0.1) is 0 Å². The summed E-state index contributed by atoms with van der Waals surface area (Å²) in [5.41, 5.74) is 0.563. The Morgan fingerprint density at radius 3 is 2.52 bits per heavy atom. The van der Waals surface area contributed by atoms with Crippen molar-refractivity contribution < 1.29 is 14.5 Å². The Morgan fingerprint density at radius 1 is 1.38 bits per heavy atom. The van der Waals surface area contributed by atoms with Gasteiger partial charge in [0.2, 0.25) is 5.91 Å². The fraction of sp³-hybridized carbons (Fsp3) is 0.429. The van der Waals surface area contributed by atoms with Gasteiger partial charge in [0.1, 0.15) is 6.04 Å². The standard InChI is InChI=1S/C14H17N3O4/c1-3-9(2)16-13(18)8-12(14(16)19)15-10-4-6-11(7-5-10)17(20)21/h4-7,9,12,15H,3,8H2,1-2H3. The lowest BCUT2D eigenvalue weighted by atomic mass is 10.2. The van der Waals surface area contributed by atoms with E-state index in [1.54, 1.807) is 0 Å². The Morgan fingerprint density at radius 2 is 2.00 bits per heavy atom. The van der Waals surface area contributed by atoms with Gasteiger partial charge < -0.3 is 5.32 Å². The summed E-state index contributed by atoms with van der Waals surface area (Å²) >= 11 is 0. The molecule has 7 nitrogen and oxygen atoms in total. The quantitative estimate of drug-likeness (QED) is 0.508. The van der Waals surface area contributed by atoms with Crippen molar-refractivity contribution in [3.8, 4) is 0 Å². The molecular formula is C14H17N3O4. The van der Waals surface area contributed by atoms with Gasteiger partial charge in [0.15, 0.2) is 0 Å². The summed E-state index contributed by atoms with van der Waals surface area (Å²) in [6, 6.07) is 5.05. The molecule has 0 radical (unpaired) electrons. The van der Waals surface area contributed by atoms with Crippen LogP contribution in [0.2, 0.25) is 0 Å². The second-order valence-electron chi connectivity index (χ2n) is 5.06. The molecule has 1 aliphatic rings. The van der Waals surface area contributed by atoms with Gasteiger partial charge in [-0.3, -0.25) is 24.6 Å². The maximum atomic E-state index is 12.2. The Bertz CT molecular complexity index is 570. The van der Waals surface area contributed by atoms with E-state index in [-0.39, 0.29) is 30.0 Å². The normalized spacial score (nSPS) is 19.7. The second-order valence-corrected chi connectivity index (χ2v) is 5.06. The molecule has 7 heteroatoms. The lowest BCUT2D eigenvalue weighted by Gasteiger charge is -2.21. The molecule has 1 aromatic carbocycles. The van der Waals surface area contributed by atoms with Gasteiger partial charge in [-0.05, 0) is 25.5 Å². The molecule has 1 aliphatic heterocycles. The topological polar surface area (TPSA) is 92.6 Å². The molecule has 2 atom stereocenters. The van der Waals surface area contributed by atoms with E-state index in [0.717, 1.165) is 0 Å². The number of non-ortho nitro benzene ring substituents is 1. The second kappa shape index (κ2) is 5.90. The van der Waals surface area contributed by atoms with Crippen molar-refractivity contribution in [1.82, 2.24) is 4.90 Å². The molecular weight excluding hydrogens is 274 g/mol. The van der Waals surface area contributed by atoms with Crippen LogP contribution < -0.4 is 5.32 Å². The summed E-state index contributed by atoms with van der Waals surface area (Å²) in [5, 5.41) is 13.5. The number of amides is 2. The molecule has 0 bridgehead atoms. The van der Waals surface area contributed by atoms with Crippen LogP contribution in [0.5, 0.6) is 0 Å². The summed E-state index contributed by atoms with van der Waals surface area (Å²) in [5.74, 6) is -0.429. The SMILES string of the molecule is CCC(C)N1C(=O)CC(Nc2ccc([N+](=O)[O-])cc2)C1=O. The number of imide groups is 1. The van der Waals surface area contributed by atoms with Gasteiger partial charge in [0.25, 0.3) is 11.6 Å². The number of nitrogens with zero attached hydrogens (tertiary/aromatic N) is 2. The average Bonchev–Trinajstić information content (AvgIpc) is 2.73. The first-order valence-electron chi connectivity index (χ1n) is 6.81. The molecule has 112 valence electrons. The number of rotatable bonds is 5. The summed E-state index contributed by atoms with van der Waals surface area (Å²) in [4.78, 5) is 35.5. The maximum absolute atomic E-state index is 12.2. The van der Waals surface area contributed by atoms with E-state index in [0.29, 0.717) is 12.1 Å². The van der Waals surface area contributed by atoms with E-state index in [1.165, 1.54) is 29.2 Å². The zero-order valence-electron chi connectivity index (χ0n) is 11.9. The lowest BCUT2D eigenvalue weighted by molar-refractivity contribution is -0.384. The zero-order chi connectivity index (χ0) is 15.6. The summed E-state index contributed by atoms with van der Waals surface area (Å²) in [7, 11) is 0. The Hall–Kier alpha value is -2.44. The smallest absolute Gasteiger partial charge is 0.269 e. The van der Waals surface area contributed by atoms with E-state index in [1.807, 2.05) is 13.8 Å². The highest BCUT2D eigenvalue weighted by atomic mass is 16.6. The minimum Gasteiger partial charge on any atom is -0.373 e. The van der Waals surface area contributed by atoms with Gasteiger partial charge in [0, 0.05) is 23.9 Å². The van der Waals surface area contributed by atoms with E-state index in [9.17, 15) is 19.7 Å². The number of hydrogen-bond donors (Lipinski definition) is 1. The number of hydrogen-bond acceptors (Lipinski definition) is 5. The fourth-order valence-electron chi connectivity index (χ4n) is 2.29. The van der Waals surface area contributed by atoms with Crippen molar-refractivity contribution in [3.05, 3.63) is 34.4 Å². The van der Waals surface area contributed by atoms with Gasteiger partial charge >= 0.3 is 0 Å². The number of benzene rings is 1. The van der Waals surface area contributed by atoms with Crippen molar-refractivity contribution in [2.75, 3.05) is 5.32 Å². The summed E-state index contributed by atoms with van der Waals surface area (Å²) < 4.78 is 0. The van der Waals surface area contributed by atoms with Crippen LogP contribution in [0, 0.1) is 10.1 Å². The van der Waals surface area contributed by atoms with Crippen LogP contribution in [0.15, 0.2) is 24.3 Å². The van der Waals surface area contributed by atoms with Crippen LogP contribution in [0.1, 0.15) is 26.7 Å². The molecule has 2 rings (SSSR count). The van der Waals surface area contributed by atoms with Crippen molar-refractivity contribution in [2.45, 2.75) is 38.8 Å². The predicted molar refractivity (Wildman–Crippen MR) is 76.7 cm³/mol. The van der Waals surface area contributed by atoms with Crippen LogP contribution in [-0.4, -0.2) is 33.7 Å². The fourth-order valence-corrected chi connectivity index (χ4v) is 2.29. The molecule has 0 saturated carbocycles. The number of likely N-dealkylation sites (tertiary alicyclic amines) is 1. The lowest BCUT2D eigenvalue weighted by Crippen LogP contribution is -2.40. The molecule has 1 N–H and O–H groups in total. The molecule has 1 heterocycles.